The molecule has 0 spiro atoms. The molecule has 0 aliphatic carbocycles. The van der Waals surface area contributed by atoms with E-state index < -0.39 is 10.0 Å². The summed E-state index contributed by atoms with van der Waals surface area (Å²) in [5, 5.41) is 9.74. The molecule has 1 heterocycles. The van der Waals surface area contributed by atoms with Crippen molar-refractivity contribution in [2.45, 2.75) is 31.7 Å². The summed E-state index contributed by atoms with van der Waals surface area (Å²) >= 11 is 7.73. The van der Waals surface area contributed by atoms with Crippen molar-refractivity contribution in [1.29, 1.82) is 0 Å². The van der Waals surface area contributed by atoms with Gasteiger partial charge < -0.3 is 5.32 Å². The second-order valence-electron chi connectivity index (χ2n) is 4.73. The molecule has 114 valence electrons. The number of thiazole rings is 1. The molecule has 0 amide bonds. The van der Waals surface area contributed by atoms with Gasteiger partial charge in [0.1, 0.15) is 0 Å². The van der Waals surface area contributed by atoms with Gasteiger partial charge in [-0.25, -0.2) is 18.5 Å². The summed E-state index contributed by atoms with van der Waals surface area (Å²) in [6.07, 6.45) is 0. The molecule has 1 aromatic carbocycles. The fraction of sp³-hybridized carbons (Fsp3) is 0.308. The third-order valence-electron chi connectivity index (χ3n) is 2.99. The Hall–Kier alpha value is -1.15. The van der Waals surface area contributed by atoms with Crippen molar-refractivity contribution in [2.24, 2.45) is 5.14 Å². The summed E-state index contributed by atoms with van der Waals surface area (Å²) in [5.41, 5.74) is 1.44. The molecule has 0 aliphatic heterocycles. The number of aromatic nitrogens is 1. The molecule has 2 aromatic rings. The maximum atomic E-state index is 11.4. The predicted molar refractivity (Wildman–Crippen MR) is 86.5 cm³/mol. The van der Waals surface area contributed by atoms with Crippen LogP contribution in [0, 0.1) is 13.8 Å². The van der Waals surface area contributed by atoms with Crippen LogP contribution in [0.2, 0.25) is 5.02 Å². The first-order valence-electron chi connectivity index (χ1n) is 6.21. The molecule has 1 atom stereocenters. The van der Waals surface area contributed by atoms with Crippen LogP contribution >= 0.6 is 22.9 Å². The second kappa shape index (κ2) is 5.92. The Kier molecular flexibility index (Phi) is 4.57. The van der Waals surface area contributed by atoms with E-state index in [-0.39, 0.29) is 10.9 Å². The molecule has 0 fully saturated rings. The minimum Gasteiger partial charge on any atom is -0.376 e. The Morgan fingerprint density at radius 1 is 1.38 bits per heavy atom. The van der Waals surface area contributed by atoms with Crippen molar-refractivity contribution in [3.05, 3.63) is 38.8 Å². The minimum absolute atomic E-state index is 0.0211. The number of halogens is 1. The molecular weight excluding hydrogens is 330 g/mol. The molecule has 0 radical (unpaired) electrons. The number of sulfonamides is 1. The Balaban J connectivity index is 2.33. The molecule has 0 aliphatic rings. The highest BCUT2D eigenvalue weighted by molar-refractivity contribution is 7.89. The smallest absolute Gasteiger partial charge is 0.238 e. The number of nitrogens with two attached hydrogens (primary N) is 1. The van der Waals surface area contributed by atoms with Crippen LogP contribution in [0.15, 0.2) is 23.1 Å². The zero-order valence-electron chi connectivity index (χ0n) is 11.8. The van der Waals surface area contributed by atoms with Gasteiger partial charge in [0.15, 0.2) is 0 Å². The van der Waals surface area contributed by atoms with Crippen LogP contribution in [0.25, 0.3) is 0 Å². The van der Waals surface area contributed by atoms with Gasteiger partial charge in [-0.2, -0.15) is 0 Å². The molecule has 3 N–H and O–H groups in total. The highest BCUT2D eigenvalue weighted by atomic mass is 35.5. The first-order valence-corrected chi connectivity index (χ1v) is 8.95. The van der Waals surface area contributed by atoms with E-state index >= 15 is 0 Å². The van der Waals surface area contributed by atoms with Gasteiger partial charge in [0, 0.05) is 4.88 Å². The van der Waals surface area contributed by atoms with Gasteiger partial charge in [0.05, 0.1) is 32.3 Å². The zero-order chi connectivity index (χ0) is 15.8. The molecule has 0 saturated carbocycles. The fourth-order valence-electron chi connectivity index (χ4n) is 2.04. The summed E-state index contributed by atoms with van der Waals surface area (Å²) in [6, 6.07) is 4.23. The van der Waals surface area contributed by atoms with Crippen molar-refractivity contribution in [1.82, 2.24) is 4.98 Å². The molecule has 0 bridgehead atoms. The first-order chi connectivity index (χ1) is 9.68. The maximum absolute atomic E-state index is 11.4. The Labute approximate surface area is 133 Å². The SMILES string of the molecule is Cc1nc(C(C)Nc2cc(S(N)(=O)=O)ccc2Cl)c(C)s1. The van der Waals surface area contributed by atoms with E-state index in [9.17, 15) is 8.42 Å². The van der Waals surface area contributed by atoms with E-state index in [1.165, 1.54) is 18.2 Å². The maximum Gasteiger partial charge on any atom is 0.238 e. The normalized spacial score (nSPS) is 13.2. The minimum atomic E-state index is -3.76. The average Bonchev–Trinajstić information content (AvgIpc) is 2.70. The molecule has 5 nitrogen and oxygen atoms in total. The van der Waals surface area contributed by atoms with Crippen molar-refractivity contribution in [2.75, 3.05) is 5.32 Å². The third kappa shape index (κ3) is 3.74. The second-order valence-corrected chi connectivity index (χ2v) is 8.10. The highest BCUT2D eigenvalue weighted by Crippen LogP contribution is 2.30. The topological polar surface area (TPSA) is 85.1 Å². The van der Waals surface area contributed by atoms with Gasteiger partial charge in [-0.1, -0.05) is 11.6 Å². The van der Waals surface area contributed by atoms with E-state index in [4.69, 9.17) is 16.7 Å². The van der Waals surface area contributed by atoms with Crippen LogP contribution in [0.1, 0.15) is 28.5 Å². The lowest BCUT2D eigenvalue weighted by molar-refractivity contribution is 0.598. The van der Waals surface area contributed by atoms with Crippen LogP contribution < -0.4 is 10.5 Å². The highest BCUT2D eigenvalue weighted by Gasteiger charge is 2.16. The van der Waals surface area contributed by atoms with Crippen molar-refractivity contribution >= 4 is 38.6 Å². The number of rotatable bonds is 4. The standard InChI is InChI=1S/C13H16ClN3O2S2/c1-7(13-8(2)20-9(3)17-13)16-12-6-10(21(15,18)19)4-5-11(12)14/h4-7,16H,1-3H3,(H2,15,18,19). The molecule has 8 heteroatoms. The molecular formula is C13H16ClN3O2S2. The number of anilines is 1. The van der Waals surface area contributed by atoms with Gasteiger partial charge in [-0.05, 0) is 39.0 Å². The summed E-state index contributed by atoms with van der Waals surface area (Å²) < 4.78 is 22.8. The number of primary sulfonamides is 1. The van der Waals surface area contributed by atoms with Gasteiger partial charge in [-0.3, -0.25) is 0 Å². The molecule has 0 saturated heterocycles. The average molecular weight is 346 g/mol. The molecule has 1 unspecified atom stereocenters. The van der Waals surface area contributed by atoms with Gasteiger partial charge in [0.2, 0.25) is 10.0 Å². The van der Waals surface area contributed by atoms with Gasteiger partial charge >= 0.3 is 0 Å². The zero-order valence-corrected chi connectivity index (χ0v) is 14.2. The van der Waals surface area contributed by atoms with E-state index in [0.717, 1.165) is 15.6 Å². The number of hydrogen-bond donors (Lipinski definition) is 2. The number of aryl methyl sites for hydroxylation is 2. The third-order valence-corrected chi connectivity index (χ3v) is 5.13. The number of benzene rings is 1. The summed E-state index contributed by atoms with van der Waals surface area (Å²) in [5.74, 6) is 0. The summed E-state index contributed by atoms with van der Waals surface area (Å²) in [4.78, 5) is 5.62. The fourth-order valence-corrected chi connectivity index (χ4v) is 3.67. The molecule has 21 heavy (non-hydrogen) atoms. The number of nitrogens with one attached hydrogen (secondary N) is 1. The summed E-state index contributed by atoms with van der Waals surface area (Å²) in [6.45, 7) is 5.89. The van der Waals surface area contributed by atoms with E-state index in [1.807, 2.05) is 20.8 Å². The molecule has 1 aromatic heterocycles. The Bertz CT molecular complexity index is 772. The van der Waals surface area contributed by atoms with Gasteiger partial charge in [-0.15, -0.1) is 11.3 Å². The van der Waals surface area contributed by atoms with Crippen LogP contribution in [-0.4, -0.2) is 13.4 Å². The number of hydrogen-bond acceptors (Lipinski definition) is 5. The van der Waals surface area contributed by atoms with Crippen LogP contribution in [0.5, 0.6) is 0 Å². The number of nitrogens with zero attached hydrogens (tertiary/aromatic N) is 1. The van der Waals surface area contributed by atoms with Crippen molar-refractivity contribution in [3.63, 3.8) is 0 Å². The quantitative estimate of drug-likeness (QED) is 0.890. The van der Waals surface area contributed by atoms with E-state index in [1.54, 1.807) is 11.3 Å². The predicted octanol–water partition coefficient (Wildman–Crippen LogP) is 3.23. The summed E-state index contributed by atoms with van der Waals surface area (Å²) in [7, 11) is -3.76. The van der Waals surface area contributed by atoms with E-state index in [2.05, 4.69) is 10.3 Å². The van der Waals surface area contributed by atoms with Crippen molar-refractivity contribution in [3.8, 4) is 0 Å². The Morgan fingerprint density at radius 2 is 2.05 bits per heavy atom. The van der Waals surface area contributed by atoms with E-state index in [0.29, 0.717) is 10.7 Å². The lowest BCUT2D eigenvalue weighted by Gasteiger charge is -2.16. The van der Waals surface area contributed by atoms with Crippen molar-refractivity contribution < 1.29 is 8.42 Å². The monoisotopic (exact) mass is 345 g/mol. The first kappa shape index (κ1) is 16.2. The lowest BCUT2D eigenvalue weighted by atomic mass is 10.2. The largest absolute Gasteiger partial charge is 0.376 e. The van der Waals surface area contributed by atoms with Gasteiger partial charge in [0.25, 0.3) is 0 Å². The Morgan fingerprint density at radius 3 is 2.57 bits per heavy atom. The van der Waals surface area contributed by atoms with Crippen LogP contribution in [-0.2, 0) is 10.0 Å². The lowest BCUT2D eigenvalue weighted by Crippen LogP contribution is -2.13. The van der Waals surface area contributed by atoms with Crippen LogP contribution in [0.4, 0.5) is 5.69 Å². The molecule has 2 rings (SSSR count). The van der Waals surface area contributed by atoms with Crippen LogP contribution in [0.3, 0.4) is 0 Å².